The summed E-state index contributed by atoms with van der Waals surface area (Å²) < 4.78 is 5.13. The Hall–Kier alpha value is -3.72. The van der Waals surface area contributed by atoms with Crippen molar-refractivity contribution < 1.29 is 29.0 Å². The monoisotopic (exact) mass is 467 g/mol. The molecule has 1 heterocycles. The van der Waals surface area contributed by atoms with E-state index in [-0.39, 0.29) is 6.42 Å². The van der Waals surface area contributed by atoms with Crippen molar-refractivity contribution in [2.24, 2.45) is 5.92 Å². The number of nitrogens with one attached hydrogen (secondary N) is 3. The summed E-state index contributed by atoms with van der Waals surface area (Å²) in [6.45, 7) is 4.45. The van der Waals surface area contributed by atoms with Gasteiger partial charge in [-0.2, -0.15) is 0 Å². The molecular weight excluding hydrogens is 438 g/mol. The summed E-state index contributed by atoms with van der Waals surface area (Å²) >= 11 is 0. The van der Waals surface area contributed by atoms with Gasteiger partial charge >= 0.3 is 12.1 Å². The Balaban J connectivity index is 1.86. The topological polar surface area (TPSA) is 134 Å². The van der Waals surface area contributed by atoms with Gasteiger partial charge in [0.05, 0.1) is 12.5 Å². The lowest BCUT2D eigenvalue weighted by Crippen LogP contribution is -2.57. The number of carbonyl (C=O) groups excluding carboxylic acids is 3. The van der Waals surface area contributed by atoms with Crippen LogP contribution < -0.4 is 16.0 Å². The van der Waals surface area contributed by atoms with Gasteiger partial charge in [0.25, 0.3) is 0 Å². The van der Waals surface area contributed by atoms with Crippen LogP contribution in [-0.4, -0.2) is 46.5 Å². The van der Waals surface area contributed by atoms with Crippen molar-refractivity contribution in [3.8, 4) is 0 Å². The molecule has 1 aliphatic heterocycles. The highest BCUT2D eigenvalue weighted by molar-refractivity contribution is 6.11. The normalized spacial score (nSPS) is 22.0. The zero-order chi connectivity index (χ0) is 24.9. The zero-order valence-electron chi connectivity index (χ0n) is 19.3. The van der Waals surface area contributed by atoms with E-state index in [1.807, 2.05) is 6.07 Å². The Morgan fingerprint density at radius 3 is 2.18 bits per heavy atom. The van der Waals surface area contributed by atoms with Gasteiger partial charge in [0.15, 0.2) is 11.3 Å². The average Bonchev–Trinajstić information content (AvgIpc) is 3.20. The van der Waals surface area contributed by atoms with Crippen molar-refractivity contribution in [3.05, 3.63) is 66.2 Å². The molecule has 180 valence electrons. The number of hydrogen-bond acceptors (Lipinski definition) is 6. The number of ketones is 1. The van der Waals surface area contributed by atoms with Gasteiger partial charge < -0.3 is 20.5 Å². The molecule has 0 aromatic heterocycles. The highest BCUT2D eigenvalue weighted by atomic mass is 16.6. The smallest absolute Gasteiger partial charge is 0.408 e. The van der Waals surface area contributed by atoms with Gasteiger partial charge in [0, 0.05) is 11.7 Å². The second-order valence-corrected chi connectivity index (χ2v) is 9.19. The quantitative estimate of drug-likeness (QED) is 0.460. The molecule has 3 rings (SSSR count). The molecule has 0 bridgehead atoms. The fraction of sp³-hybridized carbons (Fsp3) is 0.360. The van der Waals surface area contributed by atoms with Gasteiger partial charge in [0.2, 0.25) is 5.91 Å². The first-order valence-electron chi connectivity index (χ1n) is 10.9. The Bertz CT molecular complexity index is 1050. The molecule has 4 N–H and O–H groups in total. The minimum atomic E-state index is -2.06. The molecule has 0 saturated carbocycles. The van der Waals surface area contributed by atoms with E-state index >= 15 is 0 Å². The van der Waals surface area contributed by atoms with Crippen molar-refractivity contribution in [1.82, 2.24) is 10.6 Å². The Morgan fingerprint density at radius 2 is 1.62 bits per heavy atom. The van der Waals surface area contributed by atoms with Gasteiger partial charge in [-0.05, 0) is 44.9 Å². The van der Waals surface area contributed by atoms with Crippen LogP contribution in [0.2, 0.25) is 0 Å². The van der Waals surface area contributed by atoms with E-state index in [0.717, 1.165) is 0 Å². The van der Waals surface area contributed by atoms with Gasteiger partial charge in [-0.3, -0.25) is 14.9 Å². The lowest BCUT2D eigenvalue weighted by molar-refractivity contribution is -0.149. The van der Waals surface area contributed by atoms with Crippen molar-refractivity contribution in [3.63, 3.8) is 0 Å². The molecule has 9 nitrogen and oxygen atoms in total. The number of Topliss-reactive ketones (excluding diaryl/α,β-unsaturated/α-hetero) is 1. The lowest BCUT2D eigenvalue weighted by atomic mass is 9.86. The van der Waals surface area contributed by atoms with E-state index in [1.54, 1.807) is 75.4 Å². The first-order chi connectivity index (χ1) is 16.0. The Kier molecular flexibility index (Phi) is 7.36. The van der Waals surface area contributed by atoms with Crippen molar-refractivity contribution in [2.45, 2.75) is 44.4 Å². The summed E-state index contributed by atoms with van der Waals surface area (Å²) in [4.78, 5) is 50.7. The first kappa shape index (κ1) is 24.9. The van der Waals surface area contributed by atoms with Crippen LogP contribution in [0.5, 0.6) is 0 Å². The third kappa shape index (κ3) is 5.79. The van der Waals surface area contributed by atoms with Crippen LogP contribution in [0.25, 0.3) is 0 Å². The van der Waals surface area contributed by atoms with Crippen molar-refractivity contribution in [2.75, 3.05) is 11.9 Å². The molecule has 2 aromatic carbocycles. The highest BCUT2D eigenvalue weighted by Gasteiger charge is 2.57. The molecule has 3 unspecified atom stereocenters. The maximum atomic E-state index is 13.2. The van der Waals surface area contributed by atoms with E-state index in [0.29, 0.717) is 11.3 Å². The number of anilines is 1. The van der Waals surface area contributed by atoms with Crippen LogP contribution >= 0.6 is 0 Å². The minimum absolute atomic E-state index is 0.282. The first-order valence-corrected chi connectivity index (χ1v) is 10.9. The number of para-hydroxylation sites is 1. The maximum Gasteiger partial charge on any atom is 0.408 e. The van der Waals surface area contributed by atoms with Crippen LogP contribution in [0.15, 0.2) is 60.7 Å². The number of aliphatic carboxylic acids is 1. The lowest BCUT2D eigenvalue weighted by Gasteiger charge is -2.25. The molecule has 0 spiro atoms. The Morgan fingerprint density at radius 1 is 1.03 bits per heavy atom. The number of carboxylic acids is 1. The Labute approximate surface area is 197 Å². The zero-order valence-corrected chi connectivity index (χ0v) is 19.3. The van der Waals surface area contributed by atoms with Gasteiger partial charge in [0.1, 0.15) is 5.60 Å². The van der Waals surface area contributed by atoms with Crippen LogP contribution in [-0.2, 0) is 19.1 Å². The second kappa shape index (κ2) is 10.0. The van der Waals surface area contributed by atoms with E-state index in [9.17, 15) is 24.3 Å². The number of amides is 2. The average molecular weight is 468 g/mol. The fourth-order valence-corrected chi connectivity index (χ4v) is 3.93. The largest absolute Gasteiger partial charge is 0.480 e. The molecule has 9 heteroatoms. The van der Waals surface area contributed by atoms with E-state index in [2.05, 4.69) is 16.0 Å². The number of rotatable bonds is 7. The predicted molar refractivity (Wildman–Crippen MR) is 125 cm³/mol. The summed E-state index contributed by atoms with van der Waals surface area (Å²) in [6.07, 6.45) is -1.12. The van der Waals surface area contributed by atoms with Crippen molar-refractivity contribution in [1.29, 1.82) is 0 Å². The third-order valence-electron chi connectivity index (χ3n) is 5.50. The summed E-state index contributed by atoms with van der Waals surface area (Å²) in [5.41, 5.74) is -1.60. The third-order valence-corrected chi connectivity index (χ3v) is 5.50. The molecule has 2 aromatic rings. The maximum absolute atomic E-state index is 13.2. The predicted octanol–water partition coefficient (Wildman–Crippen LogP) is 2.89. The van der Waals surface area contributed by atoms with Crippen LogP contribution in [0.3, 0.4) is 0 Å². The summed E-state index contributed by atoms with van der Waals surface area (Å²) in [5, 5.41) is 18.1. The summed E-state index contributed by atoms with van der Waals surface area (Å²) in [7, 11) is 0. The number of ether oxygens (including phenoxy) is 1. The van der Waals surface area contributed by atoms with Crippen molar-refractivity contribution >= 4 is 29.4 Å². The van der Waals surface area contributed by atoms with Crippen LogP contribution in [0.1, 0.15) is 38.8 Å². The number of carbonyl (C=O) groups is 4. The minimum Gasteiger partial charge on any atom is -0.480 e. The van der Waals surface area contributed by atoms with Gasteiger partial charge in [-0.15, -0.1) is 0 Å². The summed E-state index contributed by atoms with van der Waals surface area (Å²) in [5.74, 6) is -3.46. The second-order valence-electron chi connectivity index (χ2n) is 9.19. The highest BCUT2D eigenvalue weighted by Crippen LogP contribution is 2.39. The molecule has 0 aliphatic carbocycles. The van der Waals surface area contributed by atoms with Gasteiger partial charge in [-0.1, -0.05) is 48.5 Å². The number of carboxylic acid groups (broad SMARTS) is 1. The molecule has 0 radical (unpaired) electrons. The molecule has 2 amide bonds. The molecular formula is C25H29N3O6. The number of alkyl carbamates (subject to hydrolysis) is 1. The van der Waals surface area contributed by atoms with Crippen LogP contribution in [0.4, 0.5) is 10.5 Å². The van der Waals surface area contributed by atoms with E-state index in [4.69, 9.17) is 4.74 Å². The van der Waals surface area contributed by atoms with Crippen LogP contribution in [0, 0.1) is 5.92 Å². The van der Waals surface area contributed by atoms with Gasteiger partial charge in [-0.25, -0.2) is 9.59 Å². The summed E-state index contributed by atoms with van der Waals surface area (Å²) in [6, 6.07) is 16.9. The molecule has 3 atom stereocenters. The molecule has 1 fully saturated rings. The van der Waals surface area contributed by atoms with E-state index < -0.39 is 53.4 Å². The molecule has 1 saturated heterocycles. The standard InChI is InChI=1S/C25H29N3O6/c1-24(2,3)34-23(33)26-15-19(29)25(22(31)32)14-18(20(28-25)16-10-6-4-7-11-16)21(30)27-17-12-8-5-9-13-17/h4-13,18,20,28H,14-15H2,1-3H3,(H,26,33)(H,27,30)(H,31,32). The fourth-order valence-electron chi connectivity index (χ4n) is 3.93. The molecule has 1 aliphatic rings. The number of benzene rings is 2. The SMILES string of the molecule is CC(C)(C)OC(=O)NCC(=O)C1(C(=O)O)CC(C(=O)Nc2ccccc2)C(c2ccccc2)N1. The van der Waals surface area contributed by atoms with E-state index in [1.165, 1.54) is 0 Å². The molecule has 34 heavy (non-hydrogen) atoms. The number of hydrogen-bond donors (Lipinski definition) is 4.